The minimum absolute atomic E-state index is 0.0418. The third-order valence-electron chi connectivity index (χ3n) is 4.96. The van der Waals surface area contributed by atoms with Crippen molar-refractivity contribution in [2.24, 2.45) is 11.3 Å². The summed E-state index contributed by atoms with van der Waals surface area (Å²) in [5.74, 6) is 0.0696. The van der Waals surface area contributed by atoms with Gasteiger partial charge in [0.25, 0.3) is 5.91 Å². The van der Waals surface area contributed by atoms with Crippen LogP contribution in [0.2, 0.25) is 0 Å². The Morgan fingerprint density at radius 2 is 2.00 bits per heavy atom. The van der Waals surface area contributed by atoms with Crippen LogP contribution < -0.4 is 9.47 Å². The van der Waals surface area contributed by atoms with E-state index in [-0.39, 0.29) is 18.4 Å². The number of carboxylic acid groups (broad SMARTS) is 1. The van der Waals surface area contributed by atoms with Crippen LogP contribution in [-0.2, 0) is 4.79 Å². The fraction of sp³-hybridized carbons (Fsp3) is 0.529. The van der Waals surface area contributed by atoms with Crippen molar-refractivity contribution in [2.45, 2.75) is 20.3 Å². The maximum absolute atomic E-state index is 12.8. The Labute approximate surface area is 148 Å². The molecule has 1 saturated heterocycles. The third-order valence-corrected chi connectivity index (χ3v) is 5.55. The number of carbonyl (C=O) groups excluding carboxylic acids is 1. The molecule has 1 amide bonds. The van der Waals surface area contributed by atoms with Gasteiger partial charge in [0.15, 0.2) is 11.5 Å². The van der Waals surface area contributed by atoms with Gasteiger partial charge in [-0.25, -0.2) is 0 Å². The molecule has 1 aromatic rings. The van der Waals surface area contributed by atoms with E-state index in [4.69, 9.17) is 9.47 Å². The molecule has 0 aromatic heterocycles. The number of likely N-dealkylation sites (tertiary alicyclic amines) is 1. The second-order valence-electron chi connectivity index (χ2n) is 6.57. The van der Waals surface area contributed by atoms with Gasteiger partial charge in [0.2, 0.25) is 0 Å². The fourth-order valence-corrected chi connectivity index (χ4v) is 3.87. The summed E-state index contributed by atoms with van der Waals surface area (Å²) in [4.78, 5) is 26.2. The average Bonchev–Trinajstić information content (AvgIpc) is 3.01. The number of hydrogen-bond donors (Lipinski definition) is 1. The van der Waals surface area contributed by atoms with Crippen molar-refractivity contribution >= 4 is 27.8 Å². The van der Waals surface area contributed by atoms with E-state index in [0.29, 0.717) is 47.7 Å². The molecule has 2 heterocycles. The van der Waals surface area contributed by atoms with E-state index in [1.807, 2.05) is 13.8 Å². The molecule has 24 heavy (non-hydrogen) atoms. The minimum Gasteiger partial charge on any atom is -0.486 e. The summed E-state index contributed by atoms with van der Waals surface area (Å²) in [6, 6.07) is 3.36. The molecule has 1 unspecified atom stereocenters. The van der Waals surface area contributed by atoms with Crippen molar-refractivity contribution in [1.82, 2.24) is 4.90 Å². The lowest BCUT2D eigenvalue weighted by molar-refractivity contribution is -0.150. The molecule has 0 radical (unpaired) electrons. The standard InChI is InChI=1S/C17H20BrNO5/c1-10(2)17(16(21)22)3-4-19(9-17)15(20)11-7-12(18)14-13(8-11)23-5-6-24-14/h7-8,10H,3-6,9H2,1-2H3,(H,21,22). The average molecular weight is 398 g/mol. The van der Waals surface area contributed by atoms with Gasteiger partial charge in [-0.15, -0.1) is 0 Å². The lowest BCUT2D eigenvalue weighted by Gasteiger charge is -2.28. The minimum atomic E-state index is -0.874. The van der Waals surface area contributed by atoms with Gasteiger partial charge < -0.3 is 19.5 Å². The van der Waals surface area contributed by atoms with Gasteiger partial charge in [-0.1, -0.05) is 13.8 Å². The predicted molar refractivity (Wildman–Crippen MR) is 90.6 cm³/mol. The second kappa shape index (κ2) is 6.27. The van der Waals surface area contributed by atoms with Gasteiger partial charge in [0.05, 0.1) is 9.89 Å². The first kappa shape index (κ1) is 17.1. The van der Waals surface area contributed by atoms with E-state index >= 15 is 0 Å². The molecule has 0 aliphatic carbocycles. The van der Waals surface area contributed by atoms with Crippen molar-refractivity contribution in [3.05, 3.63) is 22.2 Å². The zero-order valence-corrected chi connectivity index (χ0v) is 15.3. The molecule has 1 atom stereocenters. The number of benzene rings is 1. The number of halogens is 1. The van der Waals surface area contributed by atoms with Gasteiger partial charge in [0.1, 0.15) is 13.2 Å². The third kappa shape index (κ3) is 2.75. The lowest BCUT2D eigenvalue weighted by Crippen LogP contribution is -2.40. The Hall–Kier alpha value is -1.76. The summed E-state index contributed by atoms with van der Waals surface area (Å²) >= 11 is 3.41. The topological polar surface area (TPSA) is 76.1 Å². The fourth-order valence-electron chi connectivity index (χ4n) is 3.32. The number of carboxylic acids is 1. The highest BCUT2D eigenvalue weighted by Crippen LogP contribution is 2.41. The molecule has 0 bridgehead atoms. The number of aliphatic carboxylic acids is 1. The van der Waals surface area contributed by atoms with E-state index in [1.165, 1.54) is 0 Å². The molecule has 3 rings (SSSR count). The van der Waals surface area contributed by atoms with Crippen LogP contribution >= 0.6 is 15.9 Å². The van der Waals surface area contributed by atoms with Crippen LogP contribution in [0.3, 0.4) is 0 Å². The maximum Gasteiger partial charge on any atom is 0.311 e. The summed E-state index contributed by atoms with van der Waals surface area (Å²) in [6.45, 7) is 5.36. The van der Waals surface area contributed by atoms with E-state index in [2.05, 4.69) is 15.9 Å². The number of fused-ring (bicyclic) bond motifs is 1. The number of ether oxygens (including phenoxy) is 2. The van der Waals surface area contributed by atoms with Gasteiger partial charge in [-0.3, -0.25) is 9.59 Å². The molecule has 1 N–H and O–H groups in total. The molecule has 6 nitrogen and oxygen atoms in total. The van der Waals surface area contributed by atoms with Crippen LogP contribution in [0.15, 0.2) is 16.6 Å². The summed E-state index contributed by atoms with van der Waals surface area (Å²) < 4.78 is 11.8. The Bertz CT molecular complexity index is 690. The largest absolute Gasteiger partial charge is 0.486 e. The quantitative estimate of drug-likeness (QED) is 0.848. The van der Waals surface area contributed by atoms with Gasteiger partial charge in [-0.05, 0) is 40.4 Å². The summed E-state index contributed by atoms with van der Waals surface area (Å²) in [7, 11) is 0. The highest BCUT2D eigenvalue weighted by atomic mass is 79.9. The van der Waals surface area contributed by atoms with Crippen LogP contribution in [0.5, 0.6) is 11.5 Å². The zero-order chi connectivity index (χ0) is 17.5. The van der Waals surface area contributed by atoms with Gasteiger partial charge >= 0.3 is 5.97 Å². The molecule has 2 aliphatic rings. The van der Waals surface area contributed by atoms with Crippen molar-refractivity contribution in [3.8, 4) is 11.5 Å². The van der Waals surface area contributed by atoms with E-state index in [0.717, 1.165) is 0 Å². The predicted octanol–water partition coefficient (Wildman–Crippen LogP) is 2.79. The number of nitrogens with zero attached hydrogens (tertiary/aromatic N) is 1. The lowest BCUT2D eigenvalue weighted by atomic mass is 9.76. The molecule has 0 spiro atoms. The Balaban J connectivity index is 1.86. The number of amides is 1. The Kier molecular flexibility index (Phi) is 4.46. The number of rotatable bonds is 3. The van der Waals surface area contributed by atoms with Crippen molar-refractivity contribution in [2.75, 3.05) is 26.3 Å². The van der Waals surface area contributed by atoms with Crippen molar-refractivity contribution < 1.29 is 24.2 Å². The van der Waals surface area contributed by atoms with E-state index < -0.39 is 11.4 Å². The molecule has 130 valence electrons. The normalized spacial score (nSPS) is 22.8. The summed E-state index contributed by atoms with van der Waals surface area (Å²) in [5, 5.41) is 9.62. The second-order valence-corrected chi connectivity index (χ2v) is 7.43. The first-order valence-electron chi connectivity index (χ1n) is 7.97. The first-order chi connectivity index (χ1) is 11.3. The first-order valence-corrected chi connectivity index (χ1v) is 8.76. The van der Waals surface area contributed by atoms with Crippen molar-refractivity contribution in [3.63, 3.8) is 0 Å². The molecule has 1 fully saturated rings. The molecule has 7 heteroatoms. The van der Waals surface area contributed by atoms with Crippen molar-refractivity contribution in [1.29, 1.82) is 0 Å². The van der Waals surface area contributed by atoms with Crippen LogP contribution in [0.4, 0.5) is 0 Å². The number of hydrogen-bond acceptors (Lipinski definition) is 4. The molecular formula is C17H20BrNO5. The zero-order valence-electron chi connectivity index (χ0n) is 13.7. The van der Waals surface area contributed by atoms with Crippen LogP contribution in [0, 0.1) is 11.3 Å². The Morgan fingerprint density at radius 1 is 1.29 bits per heavy atom. The highest BCUT2D eigenvalue weighted by molar-refractivity contribution is 9.10. The van der Waals surface area contributed by atoms with Crippen LogP contribution in [0.1, 0.15) is 30.6 Å². The molecule has 1 aromatic carbocycles. The maximum atomic E-state index is 12.8. The Morgan fingerprint density at radius 3 is 2.62 bits per heavy atom. The smallest absolute Gasteiger partial charge is 0.311 e. The molecular weight excluding hydrogens is 378 g/mol. The van der Waals surface area contributed by atoms with Crippen LogP contribution in [-0.4, -0.2) is 48.2 Å². The highest BCUT2D eigenvalue weighted by Gasteiger charge is 2.48. The monoisotopic (exact) mass is 397 g/mol. The SMILES string of the molecule is CC(C)C1(C(=O)O)CCN(C(=O)c2cc(Br)c3c(c2)OCCO3)C1. The molecule has 0 saturated carbocycles. The summed E-state index contributed by atoms with van der Waals surface area (Å²) in [5.41, 5.74) is -0.406. The van der Waals surface area contributed by atoms with Crippen LogP contribution in [0.25, 0.3) is 0 Å². The van der Waals surface area contributed by atoms with E-state index in [9.17, 15) is 14.7 Å². The number of carbonyl (C=O) groups is 2. The van der Waals surface area contributed by atoms with Gasteiger partial charge in [-0.2, -0.15) is 0 Å². The van der Waals surface area contributed by atoms with Gasteiger partial charge in [0, 0.05) is 18.7 Å². The molecule has 2 aliphatic heterocycles. The van der Waals surface area contributed by atoms with E-state index in [1.54, 1.807) is 17.0 Å². The summed E-state index contributed by atoms with van der Waals surface area (Å²) in [6.07, 6.45) is 0.470.